The number of likely N-dealkylation sites (tertiary alicyclic amines) is 2. The summed E-state index contributed by atoms with van der Waals surface area (Å²) in [5.41, 5.74) is 0. The van der Waals surface area contributed by atoms with Crippen molar-refractivity contribution in [1.29, 1.82) is 0 Å². The Hall–Kier alpha value is -2.32. The minimum Gasteiger partial charge on any atom is -0.283 e. The van der Waals surface area contributed by atoms with Crippen LogP contribution >= 0.6 is 0 Å². The van der Waals surface area contributed by atoms with Gasteiger partial charge in [0.25, 0.3) is 0 Å². The number of amides is 4. The number of rotatable bonds is 4. The molecule has 168 valence electrons. The van der Waals surface area contributed by atoms with Crippen molar-refractivity contribution >= 4 is 23.6 Å². The molecular weight excluding hydrogens is 408 g/mol. The van der Waals surface area contributed by atoms with Crippen molar-refractivity contribution in [2.24, 2.45) is 47.3 Å². The van der Waals surface area contributed by atoms with E-state index in [1.165, 1.54) is 9.80 Å². The highest BCUT2D eigenvalue weighted by Crippen LogP contribution is 2.53. The summed E-state index contributed by atoms with van der Waals surface area (Å²) < 4.78 is 0. The lowest BCUT2D eigenvalue weighted by atomic mass is 9.85. The normalized spacial score (nSPS) is 44.6. The van der Waals surface area contributed by atoms with Crippen LogP contribution < -0.4 is 0 Å². The molecule has 3 heterocycles. The lowest BCUT2D eigenvalue weighted by Gasteiger charge is -2.37. The summed E-state index contributed by atoms with van der Waals surface area (Å²) in [5.74, 6) is 0.394. The number of carbonyl (C=O) groups excluding carboxylic acids is 4. The smallest absolute Gasteiger partial charge is 0.234 e. The second kappa shape index (κ2) is 6.60. The van der Waals surface area contributed by atoms with Crippen molar-refractivity contribution in [3.63, 3.8) is 0 Å². The average molecular weight is 437 g/mol. The second-order valence-electron chi connectivity index (χ2n) is 10.7. The van der Waals surface area contributed by atoms with Crippen LogP contribution in [0.25, 0.3) is 0 Å². The fourth-order valence-corrected chi connectivity index (χ4v) is 7.68. The molecule has 3 aliphatic heterocycles. The van der Waals surface area contributed by atoms with Gasteiger partial charge in [0.15, 0.2) is 0 Å². The van der Waals surface area contributed by atoms with Gasteiger partial charge in [0.1, 0.15) is 0 Å². The monoisotopic (exact) mass is 436 g/mol. The third kappa shape index (κ3) is 2.45. The van der Waals surface area contributed by atoms with E-state index in [0.29, 0.717) is 39.5 Å². The van der Waals surface area contributed by atoms with Crippen molar-refractivity contribution < 1.29 is 19.2 Å². The molecule has 4 amide bonds. The van der Waals surface area contributed by atoms with Crippen LogP contribution in [-0.2, 0) is 19.2 Å². The van der Waals surface area contributed by atoms with Crippen LogP contribution in [-0.4, -0.2) is 82.7 Å². The molecule has 5 fully saturated rings. The van der Waals surface area contributed by atoms with Gasteiger partial charge in [0, 0.05) is 26.2 Å². The number of hydrogen-bond donors (Lipinski definition) is 0. The van der Waals surface area contributed by atoms with Crippen LogP contribution in [0.1, 0.15) is 12.8 Å². The third-order valence-electron chi connectivity index (χ3n) is 9.27. The summed E-state index contributed by atoms with van der Waals surface area (Å²) in [4.78, 5) is 59.0. The Balaban J connectivity index is 0.956. The van der Waals surface area contributed by atoms with Crippen molar-refractivity contribution in [2.45, 2.75) is 12.8 Å². The zero-order chi connectivity index (χ0) is 21.7. The fourth-order valence-electron chi connectivity index (χ4n) is 7.68. The Labute approximate surface area is 186 Å². The molecule has 4 bridgehead atoms. The van der Waals surface area contributed by atoms with Gasteiger partial charge in [0.05, 0.1) is 37.0 Å². The first kappa shape index (κ1) is 19.2. The second-order valence-corrected chi connectivity index (χ2v) is 10.7. The van der Waals surface area contributed by atoms with E-state index in [1.807, 2.05) is 0 Å². The standard InChI is InChI=1S/C24H28N4O4/c29-21-17-13-1-2-14(9-13)18(17)22(30)27(21)11-25-5-7-26(8-6-25)12-28-23(31)19-15-3-4-16(10-15)20(19)24(28)32/h1-4,13-20H,5-12H2/t13-,14-,15+,16+,17-,18-,19-,20-/m0/s1. The minimum atomic E-state index is -0.143. The van der Waals surface area contributed by atoms with Crippen molar-refractivity contribution in [3.8, 4) is 0 Å². The van der Waals surface area contributed by atoms with Crippen molar-refractivity contribution in [2.75, 3.05) is 39.5 Å². The molecule has 0 spiro atoms. The van der Waals surface area contributed by atoms with Gasteiger partial charge in [-0.2, -0.15) is 0 Å². The molecule has 0 unspecified atom stereocenters. The molecule has 8 atom stereocenters. The number of nitrogens with zero attached hydrogens (tertiary/aromatic N) is 4. The fraction of sp³-hybridized carbons (Fsp3) is 0.667. The van der Waals surface area contributed by atoms with E-state index in [1.54, 1.807) is 0 Å². The maximum atomic E-state index is 12.9. The molecule has 8 nitrogen and oxygen atoms in total. The number of imide groups is 2. The maximum Gasteiger partial charge on any atom is 0.234 e. The topological polar surface area (TPSA) is 81.2 Å². The lowest BCUT2D eigenvalue weighted by molar-refractivity contribution is -0.146. The van der Waals surface area contributed by atoms with E-state index in [2.05, 4.69) is 34.1 Å². The molecule has 0 radical (unpaired) electrons. The molecule has 7 aliphatic rings. The van der Waals surface area contributed by atoms with Gasteiger partial charge in [0.2, 0.25) is 23.6 Å². The zero-order valence-electron chi connectivity index (χ0n) is 18.0. The van der Waals surface area contributed by atoms with Gasteiger partial charge in [-0.3, -0.25) is 38.8 Å². The van der Waals surface area contributed by atoms with Gasteiger partial charge in [-0.25, -0.2) is 0 Å². The van der Waals surface area contributed by atoms with Crippen molar-refractivity contribution in [1.82, 2.24) is 19.6 Å². The molecule has 0 aromatic rings. The number of fused-ring (bicyclic) bond motifs is 10. The highest BCUT2D eigenvalue weighted by molar-refractivity contribution is 6.07. The first-order valence-electron chi connectivity index (χ1n) is 12.0. The lowest BCUT2D eigenvalue weighted by Crippen LogP contribution is -2.54. The maximum absolute atomic E-state index is 12.9. The average Bonchev–Trinajstić information content (AvgIpc) is 3.62. The molecule has 32 heavy (non-hydrogen) atoms. The molecule has 7 rings (SSSR count). The predicted octanol–water partition coefficient (Wildman–Crippen LogP) is 0.133. The van der Waals surface area contributed by atoms with Crippen LogP contribution in [0.3, 0.4) is 0 Å². The van der Waals surface area contributed by atoms with Gasteiger partial charge >= 0.3 is 0 Å². The molecule has 0 aromatic heterocycles. The summed E-state index contributed by atoms with van der Waals surface area (Å²) >= 11 is 0. The van der Waals surface area contributed by atoms with Crippen LogP contribution in [0.2, 0.25) is 0 Å². The van der Waals surface area contributed by atoms with E-state index in [0.717, 1.165) is 12.8 Å². The van der Waals surface area contributed by atoms with E-state index >= 15 is 0 Å². The molecule has 3 saturated heterocycles. The largest absolute Gasteiger partial charge is 0.283 e. The summed E-state index contributed by atoms with van der Waals surface area (Å²) in [5, 5.41) is 0. The van der Waals surface area contributed by atoms with Gasteiger partial charge in [-0.15, -0.1) is 0 Å². The van der Waals surface area contributed by atoms with Crippen molar-refractivity contribution in [3.05, 3.63) is 24.3 Å². The van der Waals surface area contributed by atoms with Crippen LogP contribution in [0, 0.1) is 47.3 Å². The van der Waals surface area contributed by atoms with Gasteiger partial charge in [-0.05, 0) is 36.5 Å². The van der Waals surface area contributed by atoms with E-state index in [9.17, 15) is 19.2 Å². The Bertz CT molecular complexity index is 844. The highest BCUT2D eigenvalue weighted by Gasteiger charge is 2.60. The number of piperazine rings is 1. The SMILES string of the molecule is O=C1[C@@H]2[C@@H](C(=O)N1CN1CCN(CN3C(=O)[C@@H]4[C@@H](C3=O)[C@H]3C=C[C@H]4C3)CC1)[C@@H]1C=C[C@@H]2C1. The highest BCUT2D eigenvalue weighted by atomic mass is 16.2. The molecule has 8 heteroatoms. The molecular formula is C24H28N4O4. The quantitative estimate of drug-likeness (QED) is 0.461. The van der Waals surface area contributed by atoms with Gasteiger partial charge < -0.3 is 0 Å². The third-order valence-corrected chi connectivity index (χ3v) is 9.27. The summed E-state index contributed by atoms with van der Waals surface area (Å²) in [6.07, 6.45) is 10.4. The minimum absolute atomic E-state index is 0.00215. The van der Waals surface area contributed by atoms with E-state index < -0.39 is 0 Å². The van der Waals surface area contributed by atoms with Crippen LogP contribution in [0.5, 0.6) is 0 Å². The number of carbonyl (C=O) groups is 4. The zero-order valence-corrected chi connectivity index (χ0v) is 18.0. The van der Waals surface area contributed by atoms with Gasteiger partial charge in [-0.1, -0.05) is 24.3 Å². The first-order valence-corrected chi connectivity index (χ1v) is 12.0. The number of allylic oxidation sites excluding steroid dienone is 4. The molecule has 2 saturated carbocycles. The first-order chi connectivity index (χ1) is 15.5. The predicted molar refractivity (Wildman–Crippen MR) is 112 cm³/mol. The molecule has 0 N–H and O–H groups in total. The number of hydrogen-bond acceptors (Lipinski definition) is 6. The Morgan fingerprint density at radius 1 is 0.531 bits per heavy atom. The summed E-state index contributed by atoms with van der Waals surface area (Å²) in [6, 6.07) is 0. The van der Waals surface area contributed by atoms with E-state index in [4.69, 9.17) is 0 Å². The Kier molecular flexibility index (Phi) is 3.96. The summed E-state index contributed by atoms with van der Waals surface area (Å²) in [7, 11) is 0. The molecule has 4 aliphatic carbocycles. The van der Waals surface area contributed by atoms with Crippen LogP contribution in [0.4, 0.5) is 0 Å². The molecule has 0 aromatic carbocycles. The van der Waals surface area contributed by atoms with Crippen LogP contribution in [0.15, 0.2) is 24.3 Å². The Morgan fingerprint density at radius 2 is 0.812 bits per heavy atom. The van der Waals surface area contributed by atoms with E-state index in [-0.39, 0.29) is 71.0 Å². The summed E-state index contributed by atoms with van der Waals surface area (Å²) in [6.45, 7) is 3.58. The Morgan fingerprint density at radius 3 is 1.09 bits per heavy atom.